The van der Waals surface area contributed by atoms with Crippen molar-refractivity contribution in [3.05, 3.63) is 11.8 Å². The van der Waals surface area contributed by atoms with Crippen LogP contribution in [0.15, 0.2) is 11.8 Å². The quantitative estimate of drug-likeness (QED) is 0.471. The zero-order valence-corrected chi connectivity index (χ0v) is 6.32. The molecule has 0 aliphatic heterocycles. The molecular formula is C2H4AsClO4. The van der Waals surface area contributed by atoms with Gasteiger partial charge in [-0.25, -0.2) is 0 Å². The van der Waals surface area contributed by atoms with Crippen molar-refractivity contribution in [2.75, 3.05) is 0 Å². The van der Waals surface area contributed by atoms with Gasteiger partial charge in [-0.2, -0.15) is 0 Å². The molecular weight excluding hydrogens is 198 g/mol. The molecule has 0 heterocycles. The van der Waals surface area contributed by atoms with E-state index in [1.165, 1.54) is 0 Å². The van der Waals surface area contributed by atoms with Gasteiger partial charge in [0.1, 0.15) is 0 Å². The van der Waals surface area contributed by atoms with Crippen LogP contribution in [0.4, 0.5) is 0 Å². The van der Waals surface area contributed by atoms with E-state index in [1.807, 2.05) is 0 Å². The van der Waals surface area contributed by atoms with Crippen LogP contribution < -0.4 is 0 Å². The number of halogens is 1. The fraction of sp³-hybridized carbons (Fsp3) is 0. The zero-order valence-electron chi connectivity index (χ0n) is 3.69. The van der Waals surface area contributed by atoms with Crippen LogP contribution in [0.25, 0.3) is 0 Å². The van der Waals surface area contributed by atoms with E-state index in [9.17, 15) is 3.74 Å². The van der Waals surface area contributed by atoms with E-state index < -0.39 is 14.5 Å². The van der Waals surface area contributed by atoms with Gasteiger partial charge in [0.15, 0.2) is 0 Å². The third-order valence-corrected chi connectivity index (χ3v) is 1.18. The van der Waals surface area contributed by atoms with Gasteiger partial charge in [-0.05, 0) is 0 Å². The van der Waals surface area contributed by atoms with Crippen molar-refractivity contribution in [1.82, 2.24) is 0 Å². The van der Waals surface area contributed by atoms with Gasteiger partial charge < -0.3 is 0 Å². The molecule has 0 unspecified atom stereocenters. The van der Waals surface area contributed by atoms with Crippen molar-refractivity contribution in [1.29, 1.82) is 0 Å². The normalized spacial score (nSPS) is 12.4. The van der Waals surface area contributed by atoms with Crippen LogP contribution in [0.2, 0.25) is 0 Å². The fourth-order valence-corrected chi connectivity index (χ4v) is 0.771. The van der Waals surface area contributed by atoms with Gasteiger partial charge in [0.2, 0.25) is 0 Å². The Kier molecular flexibility index (Phi) is 3.24. The van der Waals surface area contributed by atoms with Gasteiger partial charge in [0.25, 0.3) is 0 Å². The standard InChI is InChI=1S/C2H4AsClO4/c4-1-2-8-3(5,6)7/h1-2H,(H2,5,6,7). The number of hydrogen-bond acceptors (Lipinski definition) is 2. The predicted molar refractivity (Wildman–Crippen MR) is 27.0 cm³/mol. The zero-order chi connectivity index (χ0) is 6.62. The van der Waals surface area contributed by atoms with Crippen LogP contribution in [-0.4, -0.2) is 22.7 Å². The minimum absolute atomic E-state index is 0.738. The predicted octanol–water partition coefficient (Wildman–Crippen LogP) is -0.436. The molecule has 2 N–H and O–H groups in total. The van der Waals surface area contributed by atoms with E-state index in [-0.39, 0.29) is 0 Å². The Balaban J connectivity index is 3.57. The van der Waals surface area contributed by atoms with E-state index in [0.717, 1.165) is 11.8 Å². The SMILES string of the molecule is O=[As](O)(O)OC=CCl. The molecule has 48 valence electrons. The molecule has 0 aromatic heterocycles. The first-order chi connectivity index (χ1) is 3.56. The summed E-state index contributed by atoms with van der Waals surface area (Å²) >= 11 is -0.0231. The van der Waals surface area contributed by atoms with E-state index in [2.05, 4.69) is 3.73 Å². The molecule has 0 aliphatic carbocycles. The molecule has 0 saturated carbocycles. The molecule has 0 rings (SSSR count). The third kappa shape index (κ3) is 6.11. The Morgan fingerprint density at radius 2 is 2.12 bits per heavy atom. The van der Waals surface area contributed by atoms with E-state index >= 15 is 0 Å². The Bertz CT molecular complexity index is 126. The summed E-state index contributed by atoms with van der Waals surface area (Å²) in [5, 5.41) is 0. The summed E-state index contributed by atoms with van der Waals surface area (Å²) in [6.07, 6.45) is 0.738. The average Bonchev–Trinajstić information content (AvgIpc) is 1.59. The van der Waals surface area contributed by atoms with Gasteiger partial charge in [-0.1, -0.05) is 0 Å². The molecule has 4 nitrogen and oxygen atoms in total. The van der Waals surface area contributed by atoms with Crippen molar-refractivity contribution in [3.63, 3.8) is 0 Å². The molecule has 0 bridgehead atoms. The van der Waals surface area contributed by atoms with Gasteiger partial charge in [-0.3, -0.25) is 0 Å². The van der Waals surface area contributed by atoms with Crippen molar-refractivity contribution >= 4 is 26.1 Å². The molecule has 0 aromatic carbocycles. The third-order valence-electron chi connectivity index (χ3n) is 0.250. The first kappa shape index (κ1) is 8.11. The van der Waals surface area contributed by atoms with Gasteiger partial charge in [0, 0.05) is 0 Å². The summed E-state index contributed by atoms with van der Waals surface area (Å²) in [6, 6.07) is 0. The summed E-state index contributed by atoms with van der Waals surface area (Å²) in [5.74, 6) is 0. The molecule has 0 atom stereocenters. The second-order valence-corrected chi connectivity index (χ2v) is 3.61. The maximum atomic E-state index is 9.81. The molecule has 8 heavy (non-hydrogen) atoms. The molecule has 0 saturated heterocycles. The Morgan fingerprint density at radius 3 is 2.25 bits per heavy atom. The second kappa shape index (κ2) is 3.20. The average molecular weight is 202 g/mol. The van der Waals surface area contributed by atoms with Crippen LogP contribution in [0.3, 0.4) is 0 Å². The molecule has 0 fully saturated rings. The van der Waals surface area contributed by atoms with Crippen LogP contribution in [0.1, 0.15) is 0 Å². The fourth-order valence-electron chi connectivity index (χ4n) is 0.102. The summed E-state index contributed by atoms with van der Waals surface area (Å²) in [4.78, 5) is 0. The van der Waals surface area contributed by atoms with Crippen LogP contribution in [0.5, 0.6) is 0 Å². The topological polar surface area (TPSA) is 66.8 Å². The number of hydrogen-bond donors (Lipinski definition) is 2. The second-order valence-electron chi connectivity index (χ2n) is 0.858. The van der Waals surface area contributed by atoms with E-state index in [4.69, 9.17) is 19.8 Å². The monoisotopic (exact) mass is 202 g/mol. The minimum atomic E-state index is -4.89. The van der Waals surface area contributed by atoms with Gasteiger partial charge >= 0.3 is 53.6 Å². The Hall–Kier alpha value is 0.108. The maximum absolute atomic E-state index is 9.81. The van der Waals surface area contributed by atoms with Crippen molar-refractivity contribution in [2.45, 2.75) is 0 Å². The molecule has 0 aliphatic rings. The summed E-state index contributed by atoms with van der Waals surface area (Å²) < 4.78 is 29.6. The molecule has 0 spiro atoms. The van der Waals surface area contributed by atoms with Crippen molar-refractivity contribution in [2.24, 2.45) is 0 Å². The Morgan fingerprint density at radius 1 is 1.62 bits per heavy atom. The molecule has 0 radical (unpaired) electrons. The van der Waals surface area contributed by atoms with Gasteiger partial charge in [0.05, 0.1) is 0 Å². The Labute approximate surface area is 54.1 Å². The first-order valence-corrected chi connectivity index (χ1v) is 5.20. The van der Waals surface area contributed by atoms with Crippen molar-refractivity contribution < 1.29 is 15.7 Å². The molecule has 6 heteroatoms. The van der Waals surface area contributed by atoms with E-state index in [1.54, 1.807) is 0 Å². The van der Waals surface area contributed by atoms with Gasteiger partial charge in [-0.15, -0.1) is 0 Å². The summed E-state index contributed by atoms with van der Waals surface area (Å²) in [6.45, 7) is 0. The van der Waals surface area contributed by atoms with Crippen molar-refractivity contribution in [3.8, 4) is 0 Å². The van der Waals surface area contributed by atoms with Crippen LogP contribution in [-0.2, 0) is 7.47 Å². The first-order valence-electron chi connectivity index (χ1n) is 1.55. The molecule has 0 aromatic rings. The molecule has 0 amide bonds. The van der Waals surface area contributed by atoms with Crippen LogP contribution in [0, 0.1) is 0 Å². The number of rotatable bonds is 2. The summed E-state index contributed by atoms with van der Waals surface area (Å²) in [7, 11) is 0. The van der Waals surface area contributed by atoms with Crippen LogP contribution >= 0.6 is 11.6 Å². The van der Waals surface area contributed by atoms with E-state index in [0.29, 0.717) is 0 Å². The summed E-state index contributed by atoms with van der Waals surface area (Å²) in [5.41, 5.74) is 0.875.